The van der Waals surface area contributed by atoms with Gasteiger partial charge in [-0.25, -0.2) is 9.18 Å². The highest BCUT2D eigenvalue weighted by Gasteiger charge is 2.38. The minimum Gasteiger partial charge on any atom is -0.497 e. The highest BCUT2D eigenvalue weighted by Crippen LogP contribution is 2.28. The van der Waals surface area contributed by atoms with Gasteiger partial charge in [-0.1, -0.05) is 29.8 Å². The van der Waals surface area contributed by atoms with Crippen molar-refractivity contribution in [3.63, 3.8) is 0 Å². The third-order valence-electron chi connectivity index (χ3n) is 4.35. The lowest BCUT2D eigenvalue weighted by Crippen LogP contribution is -2.43. The van der Waals surface area contributed by atoms with Crippen molar-refractivity contribution in [3.8, 4) is 5.75 Å². The highest BCUT2D eigenvalue weighted by molar-refractivity contribution is 6.30. The molecule has 0 aliphatic carbocycles. The Morgan fingerprint density at radius 3 is 2.70 bits per heavy atom. The largest absolute Gasteiger partial charge is 0.497 e. The maximum atomic E-state index is 14.2. The molecular formula is C19H18ClFN2O4. The van der Waals surface area contributed by atoms with Gasteiger partial charge in [0.15, 0.2) is 0 Å². The summed E-state index contributed by atoms with van der Waals surface area (Å²) in [5.41, 5.74) is 1.07. The van der Waals surface area contributed by atoms with E-state index >= 15 is 0 Å². The van der Waals surface area contributed by atoms with E-state index in [-0.39, 0.29) is 18.2 Å². The first kappa shape index (κ1) is 19.0. The number of amides is 2. The van der Waals surface area contributed by atoms with E-state index in [0.29, 0.717) is 11.3 Å². The van der Waals surface area contributed by atoms with Gasteiger partial charge in [0.25, 0.3) is 0 Å². The molecule has 1 aliphatic heterocycles. The van der Waals surface area contributed by atoms with Crippen LogP contribution in [0.3, 0.4) is 0 Å². The number of benzene rings is 2. The summed E-state index contributed by atoms with van der Waals surface area (Å²) in [6.07, 6.45) is -0.757. The topological polar surface area (TPSA) is 76.7 Å². The van der Waals surface area contributed by atoms with E-state index in [2.05, 4.69) is 10.6 Å². The van der Waals surface area contributed by atoms with Crippen molar-refractivity contribution in [3.05, 3.63) is 64.4 Å². The van der Waals surface area contributed by atoms with Gasteiger partial charge in [-0.15, -0.1) is 0 Å². The monoisotopic (exact) mass is 392 g/mol. The number of hydrogen-bond donors (Lipinski definition) is 2. The van der Waals surface area contributed by atoms with Gasteiger partial charge in [-0.2, -0.15) is 0 Å². The number of hydrogen-bond acceptors (Lipinski definition) is 4. The predicted molar refractivity (Wildman–Crippen MR) is 97.3 cm³/mol. The van der Waals surface area contributed by atoms with E-state index in [1.54, 1.807) is 37.4 Å². The van der Waals surface area contributed by atoms with Gasteiger partial charge in [0.05, 0.1) is 7.11 Å². The summed E-state index contributed by atoms with van der Waals surface area (Å²) in [6, 6.07) is 10.3. The molecule has 8 heteroatoms. The summed E-state index contributed by atoms with van der Waals surface area (Å²) in [4.78, 5) is 24.2. The molecule has 1 aliphatic rings. The maximum absolute atomic E-state index is 14.2. The van der Waals surface area contributed by atoms with Gasteiger partial charge >= 0.3 is 6.09 Å². The fourth-order valence-electron chi connectivity index (χ4n) is 2.92. The van der Waals surface area contributed by atoms with Crippen molar-refractivity contribution in [1.82, 2.24) is 10.6 Å². The lowest BCUT2D eigenvalue weighted by atomic mass is 9.93. The first-order valence-corrected chi connectivity index (χ1v) is 8.64. The third-order valence-corrected chi connectivity index (χ3v) is 4.58. The highest BCUT2D eigenvalue weighted by atomic mass is 35.5. The first-order valence-electron chi connectivity index (χ1n) is 8.27. The summed E-state index contributed by atoms with van der Waals surface area (Å²) < 4.78 is 24.4. The molecule has 2 aromatic carbocycles. The molecule has 2 amide bonds. The normalized spacial score (nSPS) is 18.7. The van der Waals surface area contributed by atoms with E-state index in [9.17, 15) is 14.0 Å². The number of methoxy groups -OCH3 is 1. The van der Waals surface area contributed by atoms with Crippen LogP contribution in [0.2, 0.25) is 5.02 Å². The number of ether oxygens (including phenoxy) is 2. The Labute approximate surface area is 160 Å². The molecule has 0 radical (unpaired) electrons. The molecule has 2 aromatic rings. The number of halogens is 2. The Kier molecular flexibility index (Phi) is 5.81. The van der Waals surface area contributed by atoms with Gasteiger partial charge in [0.2, 0.25) is 5.91 Å². The van der Waals surface area contributed by atoms with Crippen molar-refractivity contribution >= 4 is 23.6 Å². The summed E-state index contributed by atoms with van der Waals surface area (Å²) >= 11 is 5.77. The molecule has 0 spiro atoms. The first-order chi connectivity index (χ1) is 13.0. The van der Waals surface area contributed by atoms with E-state index in [1.165, 1.54) is 12.1 Å². The Hall–Kier alpha value is -2.80. The Bertz CT molecular complexity index is 844. The zero-order valence-electron chi connectivity index (χ0n) is 14.5. The van der Waals surface area contributed by atoms with E-state index < -0.39 is 29.8 Å². The summed E-state index contributed by atoms with van der Waals surface area (Å²) in [5, 5.41) is 5.40. The van der Waals surface area contributed by atoms with E-state index in [0.717, 1.165) is 5.56 Å². The summed E-state index contributed by atoms with van der Waals surface area (Å²) in [6.45, 7) is 0.241. The molecule has 0 unspecified atom stereocenters. The third kappa shape index (κ3) is 4.49. The van der Waals surface area contributed by atoms with Gasteiger partial charge in [-0.3, -0.25) is 4.79 Å². The summed E-state index contributed by atoms with van der Waals surface area (Å²) in [5.74, 6) is -0.778. The van der Waals surface area contributed by atoms with Crippen LogP contribution in [0.1, 0.15) is 17.0 Å². The van der Waals surface area contributed by atoms with Crippen LogP contribution < -0.4 is 15.4 Å². The quantitative estimate of drug-likeness (QED) is 0.820. The molecule has 1 saturated heterocycles. The molecule has 0 bridgehead atoms. The fraction of sp³-hybridized carbons (Fsp3) is 0.263. The lowest BCUT2D eigenvalue weighted by molar-refractivity contribution is -0.120. The Morgan fingerprint density at radius 1 is 1.30 bits per heavy atom. The number of nitrogens with one attached hydrogen (secondary N) is 2. The molecule has 27 heavy (non-hydrogen) atoms. The van der Waals surface area contributed by atoms with Gasteiger partial charge < -0.3 is 20.1 Å². The van der Waals surface area contributed by atoms with Crippen LogP contribution in [0.15, 0.2) is 42.5 Å². The maximum Gasteiger partial charge on any atom is 0.408 e. The molecule has 0 aromatic heterocycles. The Balaban J connectivity index is 1.63. The van der Waals surface area contributed by atoms with Crippen molar-refractivity contribution in [1.29, 1.82) is 0 Å². The fourth-order valence-corrected chi connectivity index (χ4v) is 3.08. The van der Waals surface area contributed by atoms with E-state index in [4.69, 9.17) is 21.1 Å². The zero-order chi connectivity index (χ0) is 19.4. The van der Waals surface area contributed by atoms with Crippen LogP contribution >= 0.6 is 11.6 Å². The van der Waals surface area contributed by atoms with E-state index in [1.807, 2.05) is 0 Å². The lowest BCUT2D eigenvalue weighted by Gasteiger charge is -2.19. The molecule has 142 valence electrons. The summed E-state index contributed by atoms with van der Waals surface area (Å²) in [7, 11) is 1.56. The molecule has 6 nitrogen and oxygen atoms in total. The number of rotatable bonds is 5. The minimum atomic E-state index is -0.927. The van der Waals surface area contributed by atoms with Gasteiger partial charge in [0, 0.05) is 17.5 Å². The average Bonchev–Trinajstić information content (AvgIpc) is 3.01. The van der Waals surface area contributed by atoms with Crippen LogP contribution in [0, 0.1) is 5.82 Å². The second-order valence-electron chi connectivity index (χ2n) is 6.06. The number of carbonyl (C=O) groups is 2. The molecule has 3 rings (SSSR count). The molecule has 2 N–H and O–H groups in total. The standard InChI is InChI=1S/C19H18ClFN2O4/c1-26-13-5-2-11(3-6-13)10-27-19(25)23-17-15(9-22-18(17)24)14-7-4-12(20)8-16(14)21/h2-8,15,17H,9-10H2,1H3,(H,22,24)(H,23,25)/t15-,17-/m0/s1. The minimum absolute atomic E-state index is 0.0319. The van der Waals surface area contributed by atoms with Gasteiger partial charge in [0.1, 0.15) is 24.2 Å². The molecular weight excluding hydrogens is 375 g/mol. The molecule has 1 heterocycles. The van der Waals surface area contributed by atoms with Crippen molar-refractivity contribution in [2.45, 2.75) is 18.6 Å². The van der Waals surface area contributed by atoms with Gasteiger partial charge in [-0.05, 0) is 35.4 Å². The van der Waals surface area contributed by atoms with Crippen LogP contribution in [0.4, 0.5) is 9.18 Å². The average molecular weight is 393 g/mol. The number of alkyl carbamates (subject to hydrolysis) is 1. The Morgan fingerprint density at radius 2 is 2.04 bits per heavy atom. The predicted octanol–water partition coefficient (Wildman–Crippen LogP) is 3.00. The van der Waals surface area contributed by atoms with Crippen LogP contribution in [0.25, 0.3) is 0 Å². The number of carbonyl (C=O) groups excluding carboxylic acids is 2. The second kappa shape index (κ2) is 8.26. The smallest absolute Gasteiger partial charge is 0.408 e. The SMILES string of the molecule is COc1ccc(COC(=O)N[C@@H]2C(=O)NC[C@H]2c2ccc(Cl)cc2F)cc1. The molecule has 1 fully saturated rings. The van der Waals surface area contributed by atoms with Crippen LogP contribution in [-0.4, -0.2) is 31.7 Å². The molecule has 0 saturated carbocycles. The van der Waals surface area contributed by atoms with Crippen LogP contribution in [-0.2, 0) is 16.1 Å². The van der Waals surface area contributed by atoms with Crippen molar-refractivity contribution in [2.75, 3.05) is 13.7 Å². The van der Waals surface area contributed by atoms with Crippen molar-refractivity contribution < 1.29 is 23.5 Å². The van der Waals surface area contributed by atoms with Crippen molar-refractivity contribution in [2.24, 2.45) is 0 Å². The second-order valence-corrected chi connectivity index (χ2v) is 6.50. The molecule has 2 atom stereocenters. The van der Waals surface area contributed by atoms with Crippen LogP contribution in [0.5, 0.6) is 5.75 Å². The zero-order valence-corrected chi connectivity index (χ0v) is 15.3.